The lowest BCUT2D eigenvalue weighted by Gasteiger charge is -2.16. The van der Waals surface area contributed by atoms with Gasteiger partial charge in [-0.25, -0.2) is 8.78 Å². The molecule has 0 N–H and O–H groups in total. The Labute approximate surface area is 293 Å². The lowest BCUT2D eigenvalue weighted by molar-refractivity contribution is -0.137. The van der Waals surface area contributed by atoms with Gasteiger partial charge in [0.25, 0.3) is 0 Å². The minimum absolute atomic E-state index is 0.190. The molecule has 2 aromatic heterocycles. The van der Waals surface area contributed by atoms with Crippen molar-refractivity contribution >= 4 is 43.6 Å². The molecule has 0 aliphatic heterocycles. The first-order chi connectivity index (χ1) is 25.2. The highest BCUT2D eigenvalue weighted by atomic mass is 19.4. The molecule has 0 saturated carbocycles. The van der Waals surface area contributed by atoms with Crippen LogP contribution in [-0.4, -0.2) is 9.13 Å². The molecule has 0 saturated heterocycles. The summed E-state index contributed by atoms with van der Waals surface area (Å²) in [5, 5.41) is 13.1. The van der Waals surface area contributed by atoms with Gasteiger partial charge < -0.3 is 9.13 Å². The fourth-order valence-corrected chi connectivity index (χ4v) is 7.44. The van der Waals surface area contributed by atoms with Crippen LogP contribution in [0.5, 0.6) is 0 Å². The van der Waals surface area contributed by atoms with Crippen LogP contribution in [0, 0.1) is 23.0 Å². The molecule has 2 heterocycles. The van der Waals surface area contributed by atoms with Crippen molar-refractivity contribution < 1.29 is 22.0 Å². The van der Waals surface area contributed by atoms with E-state index in [1.807, 2.05) is 94.1 Å². The predicted octanol–water partition coefficient (Wildman–Crippen LogP) is 12.4. The van der Waals surface area contributed by atoms with Crippen LogP contribution in [0.25, 0.3) is 77.2 Å². The second-order valence-electron chi connectivity index (χ2n) is 12.7. The van der Waals surface area contributed by atoms with E-state index in [-0.39, 0.29) is 16.7 Å². The van der Waals surface area contributed by atoms with E-state index < -0.39 is 23.4 Å². The number of hydrogen-bond acceptors (Lipinski definition) is 1. The van der Waals surface area contributed by atoms with E-state index in [0.717, 1.165) is 38.6 Å². The number of benzene rings is 7. The zero-order chi connectivity index (χ0) is 35.7. The van der Waals surface area contributed by atoms with Crippen LogP contribution in [0.1, 0.15) is 11.1 Å². The number of nitrogens with zero attached hydrogens (tertiary/aromatic N) is 3. The van der Waals surface area contributed by atoms with Crippen LogP contribution in [-0.2, 0) is 6.18 Å². The Morgan fingerprint density at radius 2 is 1.08 bits per heavy atom. The van der Waals surface area contributed by atoms with Gasteiger partial charge in [0.05, 0.1) is 50.5 Å². The summed E-state index contributed by atoms with van der Waals surface area (Å²) in [7, 11) is 0. The average Bonchev–Trinajstić information content (AvgIpc) is 3.67. The zero-order valence-corrected chi connectivity index (χ0v) is 27.1. The highest BCUT2D eigenvalue weighted by Crippen LogP contribution is 2.42. The van der Waals surface area contributed by atoms with Crippen molar-refractivity contribution in [1.29, 1.82) is 5.26 Å². The Morgan fingerprint density at radius 3 is 1.69 bits per heavy atom. The first-order valence-electron chi connectivity index (χ1n) is 16.4. The van der Waals surface area contributed by atoms with Crippen LogP contribution >= 0.6 is 0 Å². The van der Waals surface area contributed by atoms with Crippen LogP contribution in [0.3, 0.4) is 0 Å². The summed E-state index contributed by atoms with van der Waals surface area (Å²) in [5.74, 6) is -1.55. The van der Waals surface area contributed by atoms with Crippen LogP contribution in [0.15, 0.2) is 146 Å². The van der Waals surface area contributed by atoms with Gasteiger partial charge in [-0.15, -0.1) is 0 Å². The molecule has 0 fully saturated rings. The van der Waals surface area contributed by atoms with Crippen molar-refractivity contribution in [2.75, 3.05) is 0 Å². The second kappa shape index (κ2) is 11.7. The molecule has 0 bridgehead atoms. The normalized spacial score (nSPS) is 11.9. The summed E-state index contributed by atoms with van der Waals surface area (Å²) >= 11 is 0. The third-order valence-electron chi connectivity index (χ3n) is 9.69. The summed E-state index contributed by atoms with van der Waals surface area (Å²) in [6.45, 7) is 0. The molecule has 0 unspecified atom stereocenters. The number of nitriles is 1. The maximum atomic E-state index is 15.3. The molecular formula is C44H24F5N3. The summed E-state index contributed by atoms with van der Waals surface area (Å²) in [6, 6.07) is 42.7. The van der Waals surface area contributed by atoms with E-state index in [2.05, 4.69) is 6.07 Å². The molecule has 9 aromatic rings. The van der Waals surface area contributed by atoms with Gasteiger partial charge in [0.2, 0.25) is 0 Å². The SMILES string of the molecule is N#Cc1ccc(-n2c3ccccc3c3cc(-c4cc(-n5c6ccccc6c6ccccc65)cc(C(F)(F)F)c4)ccc32)c(-c2c(F)cccc2F)c1. The molecule has 0 aliphatic rings. The fraction of sp³-hybridized carbons (Fsp3) is 0.0227. The Kier molecular flexibility index (Phi) is 7.02. The number of rotatable bonds is 4. The van der Waals surface area contributed by atoms with Gasteiger partial charge in [0.1, 0.15) is 11.6 Å². The smallest absolute Gasteiger partial charge is 0.309 e. The van der Waals surface area contributed by atoms with Gasteiger partial charge in [0, 0.05) is 32.8 Å². The van der Waals surface area contributed by atoms with E-state index in [1.165, 1.54) is 30.3 Å². The number of hydrogen-bond donors (Lipinski definition) is 0. The molecule has 8 heteroatoms. The van der Waals surface area contributed by atoms with Gasteiger partial charge in [-0.3, -0.25) is 0 Å². The number of para-hydroxylation sites is 3. The first-order valence-corrected chi connectivity index (χ1v) is 16.4. The number of halogens is 5. The maximum absolute atomic E-state index is 15.3. The lowest BCUT2D eigenvalue weighted by atomic mass is 9.99. The second-order valence-corrected chi connectivity index (χ2v) is 12.7. The topological polar surface area (TPSA) is 33.6 Å². The Hall–Kier alpha value is -6.72. The average molecular weight is 690 g/mol. The summed E-state index contributed by atoms with van der Waals surface area (Å²) in [6.07, 6.45) is -4.61. The minimum atomic E-state index is -4.61. The predicted molar refractivity (Wildman–Crippen MR) is 196 cm³/mol. The molecular weight excluding hydrogens is 665 g/mol. The van der Waals surface area contributed by atoms with E-state index >= 15 is 8.78 Å². The highest BCUT2D eigenvalue weighted by molar-refractivity contribution is 6.11. The molecule has 9 rings (SSSR count). The van der Waals surface area contributed by atoms with Crippen LogP contribution in [0.2, 0.25) is 0 Å². The minimum Gasteiger partial charge on any atom is -0.309 e. The molecule has 0 atom stereocenters. The Morgan fingerprint density at radius 1 is 0.500 bits per heavy atom. The largest absolute Gasteiger partial charge is 0.416 e. The van der Waals surface area contributed by atoms with Gasteiger partial charge in [-0.05, 0) is 90.0 Å². The van der Waals surface area contributed by atoms with Crippen LogP contribution < -0.4 is 0 Å². The van der Waals surface area contributed by atoms with E-state index in [1.54, 1.807) is 24.3 Å². The van der Waals surface area contributed by atoms with Gasteiger partial charge >= 0.3 is 6.18 Å². The molecule has 3 nitrogen and oxygen atoms in total. The van der Waals surface area contributed by atoms with E-state index in [0.29, 0.717) is 33.5 Å². The van der Waals surface area contributed by atoms with Gasteiger partial charge in [0.15, 0.2) is 0 Å². The third kappa shape index (κ3) is 4.85. The monoisotopic (exact) mass is 689 g/mol. The van der Waals surface area contributed by atoms with Gasteiger partial charge in [-0.1, -0.05) is 66.7 Å². The standard InChI is InChI=1S/C44H24F5N3/c45-36-11-7-12-37(46)43(36)35-20-26(25-50)16-18-42(35)52-40-15-6-3-10-33(40)34-23-27(17-19-41(34)52)28-21-29(44(47,48)49)24-30(22-28)51-38-13-4-1-8-31(38)32-9-2-5-14-39(32)51/h1-24H. The summed E-state index contributed by atoms with van der Waals surface area (Å²) in [4.78, 5) is 0. The number of fused-ring (bicyclic) bond motifs is 6. The summed E-state index contributed by atoms with van der Waals surface area (Å²) < 4.78 is 78.0. The molecule has 0 aliphatic carbocycles. The molecule has 0 amide bonds. The molecule has 7 aromatic carbocycles. The third-order valence-corrected chi connectivity index (χ3v) is 9.69. The Bertz CT molecular complexity index is 2870. The number of alkyl halides is 3. The van der Waals surface area contributed by atoms with Crippen molar-refractivity contribution in [3.8, 4) is 39.7 Å². The number of aromatic nitrogens is 2. The van der Waals surface area contributed by atoms with Crippen molar-refractivity contribution in [1.82, 2.24) is 9.13 Å². The zero-order valence-electron chi connectivity index (χ0n) is 27.1. The molecule has 0 radical (unpaired) electrons. The quantitative estimate of drug-likeness (QED) is 0.169. The van der Waals surface area contributed by atoms with Gasteiger partial charge in [-0.2, -0.15) is 18.4 Å². The first kappa shape index (κ1) is 31.3. The Balaban J connectivity index is 1.30. The van der Waals surface area contributed by atoms with E-state index in [4.69, 9.17) is 0 Å². The van der Waals surface area contributed by atoms with Crippen molar-refractivity contribution in [2.45, 2.75) is 6.18 Å². The summed E-state index contributed by atoms with van der Waals surface area (Å²) in [5.41, 5.74) is 4.08. The van der Waals surface area contributed by atoms with Crippen LogP contribution in [0.4, 0.5) is 22.0 Å². The maximum Gasteiger partial charge on any atom is 0.416 e. The lowest BCUT2D eigenvalue weighted by Crippen LogP contribution is -2.07. The fourth-order valence-electron chi connectivity index (χ4n) is 7.44. The molecule has 250 valence electrons. The molecule has 0 spiro atoms. The van der Waals surface area contributed by atoms with Crippen molar-refractivity contribution in [2.24, 2.45) is 0 Å². The molecule has 52 heavy (non-hydrogen) atoms. The van der Waals surface area contributed by atoms with E-state index in [9.17, 15) is 18.4 Å². The highest BCUT2D eigenvalue weighted by Gasteiger charge is 2.32. The van der Waals surface area contributed by atoms with Crippen molar-refractivity contribution in [3.63, 3.8) is 0 Å². The van der Waals surface area contributed by atoms with Crippen molar-refractivity contribution in [3.05, 3.63) is 168 Å².